The Labute approximate surface area is 174 Å². The molecule has 6 heteroatoms. The van der Waals surface area contributed by atoms with Crippen LogP contribution in [-0.2, 0) is 11.2 Å². The van der Waals surface area contributed by atoms with Crippen LogP contribution in [0.3, 0.4) is 0 Å². The van der Waals surface area contributed by atoms with E-state index < -0.39 is 0 Å². The molecule has 29 heavy (non-hydrogen) atoms. The number of aromatic nitrogens is 3. The van der Waals surface area contributed by atoms with E-state index in [0.717, 1.165) is 33.1 Å². The fraction of sp³-hybridized carbons (Fsp3) is 0.261. The highest BCUT2D eigenvalue weighted by Crippen LogP contribution is 2.25. The SMILES string of the molecule is Cc1ccc(-c2nc(CC(=O)NC(c3nc4ccccc4[nH]3)C(C)C)cs2)cc1. The van der Waals surface area contributed by atoms with Gasteiger partial charge in [-0.2, -0.15) is 0 Å². The topological polar surface area (TPSA) is 70.7 Å². The Morgan fingerprint density at radius 2 is 1.86 bits per heavy atom. The molecule has 4 rings (SSSR count). The number of carbonyl (C=O) groups is 1. The molecule has 5 nitrogen and oxygen atoms in total. The first-order chi connectivity index (χ1) is 14.0. The number of H-pyrrole nitrogens is 1. The minimum absolute atomic E-state index is 0.0510. The van der Waals surface area contributed by atoms with Gasteiger partial charge in [-0.3, -0.25) is 4.79 Å². The third-order valence-electron chi connectivity index (χ3n) is 4.88. The predicted octanol–water partition coefficient (Wildman–Crippen LogP) is 5.05. The van der Waals surface area contributed by atoms with Crippen molar-refractivity contribution < 1.29 is 4.79 Å². The van der Waals surface area contributed by atoms with Crippen molar-refractivity contribution in [1.29, 1.82) is 0 Å². The molecule has 0 spiro atoms. The van der Waals surface area contributed by atoms with Crippen molar-refractivity contribution >= 4 is 28.3 Å². The number of carbonyl (C=O) groups excluding carboxylic acids is 1. The number of imidazole rings is 1. The van der Waals surface area contributed by atoms with Crippen LogP contribution < -0.4 is 5.32 Å². The molecule has 0 aliphatic heterocycles. The summed E-state index contributed by atoms with van der Waals surface area (Å²) in [7, 11) is 0. The lowest BCUT2D eigenvalue weighted by Crippen LogP contribution is -2.33. The van der Waals surface area contributed by atoms with E-state index in [1.807, 2.05) is 29.6 Å². The normalized spacial score (nSPS) is 12.4. The second-order valence-corrected chi connectivity index (χ2v) is 8.47. The first-order valence-corrected chi connectivity index (χ1v) is 10.6. The molecule has 0 fully saturated rings. The standard InChI is InChI=1S/C23H24N4OS/c1-14(2)21(22-25-18-6-4-5-7-19(18)26-22)27-20(28)12-17-13-29-23(24-17)16-10-8-15(3)9-11-16/h4-11,13-14,21H,12H2,1-3H3,(H,25,26)(H,27,28). The lowest BCUT2D eigenvalue weighted by molar-refractivity contribution is -0.121. The van der Waals surface area contributed by atoms with Crippen LogP contribution in [0.5, 0.6) is 0 Å². The molecule has 0 saturated carbocycles. The van der Waals surface area contributed by atoms with E-state index in [9.17, 15) is 4.79 Å². The third kappa shape index (κ3) is 4.38. The number of aromatic amines is 1. The molecule has 2 aromatic carbocycles. The first-order valence-electron chi connectivity index (χ1n) is 9.75. The molecule has 0 aliphatic rings. The molecule has 2 heterocycles. The van der Waals surface area contributed by atoms with Gasteiger partial charge in [-0.05, 0) is 25.0 Å². The minimum atomic E-state index is -0.176. The molecule has 2 aromatic heterocycles. The number of fused-ring (bicyclic) bond motifs is 1. The number of aryl methyl sites for hydroxylation is 1. The van der Waals surface area contributed by atoms with E-state index in [-0.39, 0.29) is 24.3 Å². The zero-order chi connectivity index (χ0) is 20.4. The lowest BCUT2D eigenvalue weighted by Gasteiger charge is -2.20. The van der Waals surface area contributed by atoms with Crippen LogP contribution in [0.2, 0.25) is 0 Å². The molecule has 2 N–H and O–H groups in total. The van der Waals surface area contributed by atoms with Gasteiger partial charge in [-0.1, -0.05) is 55.8 Å². The number of benzene rings is 2. The number of hydrogen-bond acceptors (Lipinski definition) is 4. The molecule has 1 unspecified atom stereocenters. The second-order valence-electron chi connectivity index (χ2n) is 7.62. The van der Waals surface area contributed by atoms with Gasteiger partial charge in [0.15, 0.2) is 0 Å². The summed E-state index contributed by atoms with van der Waals surface area (Å²) in [4.78, 5) is 25.4. The van der Waals surface area contributed by atoms with E-state index in [1.165, 1.54) is 5.56 Å². The van der Waals surface area contributed by atoms with Crippen molar-refractivity contribution in [1.82, 2.24) is 20.3 Å². The number of para-hydroxylation sites is 2. The summed E-state index contributed by atoms with van der Waals surface area (Å²) in [5.41, 5.74) is 4.97. The van der Waals surface area contributed by atoms with Crippen molar-refractivity contribution in [2.75, 3.05) is 0 Å². The Hall–Kier alpha value is -2.99. The summed E-state index contributed by atoms with van der Waals surface area (Å²) in [5, 5.41) is 6.02. The van der Waals surface area contributed by atoms with Gasteiger partial charge in [0.25, 0.3) is 0 Å². The lowest BCUT2D eigenvalue weighted by atomic mass is 10.0. The van der Waals surface area contributed by atoms with Crippen LogP contribution in [0.1, 0.15) is 37.0 Å². The zero-order valence-electron chi connectivity index (χ0n) is 16.8. The highest BCUT2D eigenvalue weighted by Gasteiger charge is 2.22. The molecule has 4 aromatic rings. The number of amides is 1. The van der Waals surface area contributed by atoms with Gasteiger partial charge >= 0.3 is 0 Å². The van der Waals surface area contributed by atoms with Crippen molar-refractivity contribution in [3.05, 3.63) is 71.0 Å². The monoisotopic (exact) mass is 404 g/mol. The van der Waals surface area contributed by atoms with E-state index in [1.54, 1.807) is 11.3 Å². The second kappa shape index (κ2) is 8.17. The quantitative estimate of drug-likeness (QED) is 0.472. The van der Waals surface area contributed by atoms with Crippen LogP contribution >= 0.6 is 11.3 Å². The van der Waals surface area contributed by atoms with Gasteiger partial charge in [0, 0.05) is 10.9 Å². The molecule has 148 valence electrons. The number of rotatable bonds is 6. The maximum absolute atomic E-state index is 12.7. The molecular weight excluding hydrogens is 380 g/mol. The summed E-state index contributed by atoms with van der Waals surface area (Å²) in [6.07, 6.45) is 0.256. The largest absolute Gasteiger partial charge is 0.346 e. The molecule has 1 atom stereocenters. The van der Waals surface area contributed by atoms with Crippen LogP contribution in [-0.4, -0.2) is 20.9 Å². The van der Waals surface area contributed by atoms with Gasteiger partial charge in [-0.15, -0.1) is 11.3 Å². The van der Waals surface area contributed by atoms with Gasteiger partial charge in [0.1, 0.15) is 10.8 Å². The van der Waals surface area contributed by atoms with Crippen molar-refractivity contribution in [3.8, 4) is 10.6 Å². The van der Waals surface area contributed by atoms with Crippen molar-refractivity contribution in [2.24, 2.45) is 5.92 Å². The number of nitrogens with zero attached hydrogens (tertiary/aromatic N) is 2. The molecule has 1 amide bonds. The van der Waals surface area contributed by atoms with E-state index in [2.05, 4.69) is 65.3 Å². The maximum atomic E-state index is 12.7. The van der Waals surface area contributed by atoms with Gasteiger partial charge in [0.2, 0.25) is 5.91 Å². The van der Waals surface area contributed by atoms with E-state index in [4.69, 9.17) is 0 Å². The Morgan fingerprint density at radius 1 is 1.10 bits per heavy atom. The average molecular weight is 405 g/mol. The molecular formula is C23H24N4OS. The van der Waals surface area contributed by atoms with Crippen LogP contribution in [0.4, 0.5) is 0 Å². The van der Waals surface area contributed by atoms with Gasteiger partial charge in [-0.25, -0.2) is 9.97 Å². The highest BCUT2D eigenvalue weighted by molar-refractivity contribution is 7.13. The summed E-state index contributed by atoms with van der Waals surface area (Å²) < 4.78 is 0. The molecule has 0 radical (unpaired) electrons. The van der Waals surface area contributed by atoms with Crippen LogP contribution in [0, 0.1) is 12.8 Å². The summed E-state index contributed by atoms with van der Waals surface area (Å²) in [6, 6.07) is 16.0. The average Bonchev–Trinajstić information content (AvgIpc) is 3.33. The smallest absolute Gasteiger partial charge is 0.226 e. The Balaban J connectivity index is 1.47. The number of nitrogens with one attached hydrogen (secondary N) is 2. The summed E-state index contributed by atoms with van der Waals surface area (Å²) in [5.74, 6) is 0.941. The van der Waals surface area contributed by atoms with Crippen molar-refractivity contribution in [2.45, 2.75) is 33.2 Å². The van der Waals surface area contributed by atoms with Crippen LogP contribution in [0.25, 0.3) is 21.6 Å². The van der Waals surface area contributed by atoms with E-state index >= 15 is 0 Å². The fourth-order valence-corrected chi connectivity index (χ4v) is 4.10. The zero-order valence-corrected chi connectivity index (χ0v) is 17.6. The van der Waals surface area contributed by atoms with Gasteiger partial charge in [0.05, 0.1) is 29.2 Å². The number of hydrogen-bond donors (Lipinski definition) is 2. The summed E-state index contributed by atoms with van der Waals surface area (Å²) in [6.45, 7) is 6.22. The predicted molar refractivity (Wildman–Crippen MR) is 118 cm³/mol. The molecule has 0 aliphatic carbocycles. The Bertz CT molecular complexity index is 1090. The van der Waals surface area contributed by atoms with Gasteiger partial charge < -0.3 is 10.3 Å². The highest BCUT2D eigenvalue weighted by atomic mass is 32.1. The van der Waals surface area contributed by atoms with Crippen molar-refractivity contribution in [3.63, 3.8) is 0 Å². The summed E-state index contributed by atoms with van der Waals surface area (Å²) >= 11 is 1.57. The number of thiazole rings is 1. The fourth-order valence-electron chi connectivity index (χ4n) is 3.28. The molecule has 0 saturated heterocycles. The van der Waals surface area contributed by atoms with Crippen LogP contribution in [0.15, 0.2) is 53.9 Å². The Morgan fingerprint density at radius 3 is 2.59 bits per heavy atom. The first kappa shape index (κ1) is 19.3. The minimum Gasteiger partial charge on any atom is -0.346 e. The Kier molecular flexibility index (Phi) is 5.45. The maximum Gasteiger partial charge on any atom is 0.226 e. The van der Waals surface area contributed by atoms with E-state index in [0.29, 0.717) is 0 Å². The molecule has 0 bridgehead atoms. The third-order valence-corrected chi connectivity index (χ3v) is 5.82.